The van der Waals surface area contributed by atoms with Crippen LogP contribution in [0.1, 0.15) is 32.3 Å². The van der Waals surface area contributed by atoms with Gasteiger partial charge in [0.1, 0.15) is 12.4 Å². The summed E-state index contributed by atoms with van der Waals surface area (Å²) in [5.74, 6) is 1.09. The van der Waals surface area contributed by atoms with Crippen LogP contribution in [0.3, 0.4) is 0 Å². The number of rotatable bonds is 6. The van der Waals surface area contributed by atoms with Gasteiger partial charge in [0.05, 0.1) is 0 Å². The summed E-state index contributed by atoms with van der Waals surface area (Å²) >= 11 is 0. The van der Waals surface area contributed by atoms with Crippen molar-refractivity contribution in [1.82, 2.24) is 5.32 Å². The zero-order valence-electron chi connectivity index (χ0n) is 17.8. The molecule has 1 aliphatic rings. The van der Waals surface area contributed by atoms with Crippen LogP contribution in [0, 0.1) is 5.92 Å². The van der Waals surface area contributed by atoms with Gasteiger partial charge in [0, 0.05) is 30.7 Å². The maximum atomic E-state index is 11.9. The molecule has 0 spiro atoms. The highest BCUT2D eigenvalue weighted by Crippen LogP contribution is 2.28. The quantitative estimate of drug-likeness (QED) is 0.619. The highest BCUT2D eigenvalue weighted by molar-refractivity contribution is 5.87. The van der Waals surface area contributed by atoms with Crippen LogP contribution >= 0.6 is 0 Å². The summed E-state index contributed by atoms with van der Waals surface area (Å²) in [5.41, 5.74) is 2.41. The van der Waals surface area contributed by atoms with E-state index in [-0.39, 0.29) is 11.8 Å². The first kappa shape index (κ1) is 20.3. The molecule has 1 heterocycles. The molecule has 4 nitrogen and oxygen atoms in total. The summed E-state index contributed by atoms with van der Waals surface area (Å²) in [6.45, 7) is 6.39. The first-order valence-electron chi connectivity index (χ1n) is 10.8. The molecule has 1 fully saturated rings. The van der Waals surface area contributed by atoms with E-state index >= 15 is 0 Å². The molecule has 3 aromatic carbocycles. The molecule has 30 heavy (non-hydrogen) atoms. The highest BCUT2D eigenvalue weighted by Gasteiger charge is 2.21. The molecule has 1 N–H and O–H groups in total. The van der Waals surface area contributed by atoms with E-state index in [1.807, 2.05) is 38.1 Å². The lowest BCUT2D eigenvalue weighted by Crippen LogP contribution is -2.45. The van der Waals surface area contributed by atoms with Crippen LogP contribution < -0.4 is 15.0 Å². The van der Waals surface area contributed by atoms with E-state index in [0.29, 0.717) is 12.6 Å². The van der Waals surface area contributed by atoms with Gasteiger partial charge in [-0.25, -0.2) is 0 Å². The van der Waals surface area contributed by atoms with Gasteiger partial charge in [0.2, 0.25) is 5.91 Å². The zero-order valence-corrected chi connectivity index (χ0v) is 17.8. The van der Waals surface area contributed by atoms with Crippen LogP contribution in [0.25, 0.3) is 10.8 Å². The van der Waals surface area contributed by atoms with Gasteiger partial charge in [-0.15, -0.1) is 0 Å². The van der Waals surface area contributed by atoms with Crippen molar-refractivity contribution in [2.45, 2.75) is 39.3 Å². The molecule has 0 saturated carbocycles. The molecule has 0 radical (unpaired) electrons. The van der Waals surface area contributed by atoms with Crippen molar-refractivity contribution in [2.24, 2.45) is 5.92 Å². The Kier molecular flexibility index (Phi) is 6.22. The van der Waals surface area contributed by atoms with E-state index < -0.39 is 0 Å². The third kappa shape index (κ3) is 4.93. The summed E-state index contributed by atoms with van der Waals surface area (Å²) in [7, 11) is 0. The largest absolute Gasteiger partial charge is 0.489 e. The number of hydrogen-bond donors (Lipinski definition) is 1. The van der Waals surface area contributed by atoms with Gasteiger partial charge in [0.25, 0.3) is 0 Å². The maximum Gasteiger partial charge on any atom is 0.222 e. The number of piperidine rings is 1. The van der Waals surface area contributed by atoms with E-state index in [1.165, 1.54) is 22.0 Å². The van der Waals surface area contributed by atoms with Crippen LogP contribution in [-0.2, 0) is 11.4 Å². The van der Waals surface area contributed by atoms with Crippen molar-refractivity contribution in [3.05, 3.63) is 72.3 Å². The summed E-state index contributed by atoms with van der Waals surface area (Å²) in [6, 6.07) is 23.4. The standard InChI is InChI=1S/C26H30N2O2/c1-19(2)26(29)27-23-12-14-28(15-13-23)24-10-8-22-17-25(11-9-21(22)16-24)30-18-20-6-4-3-5-7-20/h3-11,16-17,19,23H,12-15,18H2,1-2H3,(H,27,29). The number of carbonyl (C=O) groups is 1. The summed E-state index contributed by atoms with van der Waals surface area (Å²) in [5, 5.41) is 5.57. The Labute approximate surface area is 178 Å². The molecule has 156 valence electrons. The molecule has 4 rings (SSSR count). The fraction of sp³-hybridized carbons (Fsp3) is 0.346. The van der Waals surface area contributed by atoms with Gasteiger partial charge in [0.15, 0.2) is 0 Å². The Bertz CT molecular complexity index is 992. The molecule has 0 bridgehead atoms. The predicted octanol–water partition coefficient (Wildman–Crippen LogP) is 5.16. The van der Waals surface area contributed by atoms with Gasteiger partial charge < -0.3 is 15.0 Å². The van der Waals surface area contributed by atoms with Crippen molar-refractivity contribution in [2.75, 3.05) is 18.0 Å². The van der Waals surface area contributed by atoms with Crippen LogP contribution in [0.5, 0.6) is 5.75 Å². The Morgan fingerprint density at radius 1 is 1.00 bits per heavy atom. The number of benzene rings is 3. The number of hydrogen-bond acceptors (Lipinski definition) is 3. The third-order valence-electron chi connectivity index (χ3n) is 5.77. The van der Waals surface area contributed by atoms with E-state index in [0.717, 1.165) is 31.7 Å². The second kappa shape index (κ2) is 9.21. The van der Waals surface area contributed by atoms with Crippen molar-refractivity contribution >= 4 is 22.4 Å². The Morgan fingerprint density at radius 3 is 2.43 bits per heavy atom. The SMILES string of the molecule is CC(C)C(=O)NC1CCN(c2ccc3cc(OCc4ccccc4)ccc3c2)CC1. The summed E-state index contributed by atoms with van der Waals surface area (Å²) in [4.78, 5) is 14.3. The van der Waals surface area contributed by atoms with E-state index in [9.17, 15) is 4.79 Å². The zero-order chi connectivity index (χ0) is 20.9. The number of amides is 1. The minimum absolute atomic E-state index is 0.0464. The molecule has 1 aliphatic heterocycles. The first-order chi connectivity index (χ1) is 14.6. The minimum Gasteiger partial charge on any atom is -0.489 e. The van der Waals surface area contributed by atoms with Crippen LogP contribution in [0.2, 0.25) is 0 Å². The number of nitrogens with one attached hydrogen (secondary N) is 1. The first-order valence-corrected chi connectivity index (χ1v) is 10.8. The number of carbonyl (C=O) groups excluding carboxylic acids is 1. The molecular formula is C26H30N2O2. The van der Waals surface area contributed by atoms with Crippen LogP contribution in [-0.4, -0.2) is 25.0 Å². The molecule has 3 aromatic rings. The van der Waals surface area contributed by atoms with E-state index in [1.54, 1.807) is 0 Å². The number of nitrogens with zero attached hydrogens (tertiary/aromatic N) is 1. The maximum absolute atomic E-state index is 11.9. The second-order valence-corrected chi connectivity index (χ2v) is 8.39. The van der Waals surface area contributed by atoms with E-state index in [4.69, 9.17) is 4.74 Å². The van der Waals surface area contributed by atoms with Gasteiger partial charge in [-0.1, -0.05) is 56.3 Å². The van der Waals surface area contributed by atoms with Crippen molar-refractivity contribution in [1.29, 1.82) is 0 Å². The molecular weight excluding hydrogens is 372 g/mol. The van der Waals surface area contributed by atoms with Gasteiger partial charge >= 0.3 is 0 Å². The number of anilines is 1. The number of fused-ring (bicyclic) bond motifs is 1. The molecule has 0 atom stereocenters. The average Bonchev–Trinajstić information content (AvgIpc) is 2.78. The topological polar surface area (TPSA) is 41.6 Å². The third-order valence-corrected chi connectivity index (χ3v) is 5.77. The van der Waals surface area contributed by atoms with Gasteiger partial charge in [-0.3, -0.25) is 4.79 Å². The Morgan fingerprint density at radius 2 is 1.70 bits per heavy atom. The normalized spacial score (nSPS) is 14.8. The summed E-state index contributed by atoms with van der Waals surface area (Å²) < 4.78 is 5.96. The molecule has 1 amide bonds. The minimum atomic E-state index is 0.0464. The predicted molar refractivity (Wildman–Crippen MR) is 123 cm³/mol. The van der Waals surface area contributed by atoms with Gasteiger partial charge in [-0.2, -0.15) is 0 Å². The Hall–Kier alpha value is -3.01. The monoisotopic (exact) mass is 402 g/mol. The van der Waals surface area contributed by atoms with Gasteiger partial charge in [-0.05, 0) is 53.4 Å². The molecule has 0 aromatic heterocycles. The lowest BCUT2D eigenvalue weighted by Gasteiger charge is -2.34. The second-order valence-electron chi connectivity index (χ2n) is 8.39. The smallest absolute Gasteiger partial charge is 0.222 e. The van der Waals surface area contributed by atoms with Crippen LogP contribution in [0.4, 0.5) is 5.69 Å². The fourth-order valence-corrected chi connectivity index (χ4v) is 3.89. The van der Waals surface area contributed by atoms with E-state index in [2.05, 4.69) is 52.7 Å². The van der Waals surface area contributed by atoms with Crippen molar-refractivity contribution in [3.63, 3.8) is 0 Å². The highest BCUT2D eigenvalue weighted by atomic mass is 16.5. The van der Waals surface area contributed by atoms with Crippen LogP contribution in [0.15, 0.2) is 66.7 Å². The fourth-order valence-electron chi connectivity index (χ4n) is 3.89. The molecule has 4 heteroatoms. The average molecular weight is 403 g/mol. The van der Waals surface area contributed by atoms with Crippen molar-refractivity contribution in [3.8, 4) is 5.75 Å². The molecule has 0 unspecified atom stereocenters. The summed E-state index contributed by atoms with van der Waals surface area (Å²) in [6.07, 6.45) is 1.98. The number of ether oxygens (including phenoxy) is 1. The Balaban J connectivity index is 1.37. The molecule has 1 saturated heterocycles. The molecule has 0 aliphatic carbocycles. The lowest BCUT2D eigenvalue weighted by atomic mass is 10.0. The van der Waals surface area contributed by atoms with Crippen molar-refractivity contribution < 1.29 is 9.53 Å². The lowest BCUT2D eigenvalue weighted by molar-refractivity contribution is -0.124.